The number of methoxy groups -OCH3 is 1. The maximum atomic E-state index is 10.3. The quantitative estimate of drug-likeness (QED) is 0.457. The number of halogens is 1. The van der Waals surface area contributed by atoms with Gasteiger partial charge in [0.15, 0.2) is 0 Å². The molecule has 0 spiro atoms. The summed E-state index contributed by atoms with van der Waals surface area (Å²) in [5.74, 6) is -0.154. The van der Waals surface area contributed by atoms with Crippen LogP contribution in [-0.4, -0.2) is 41.1 Å². The van der Waals surface area contributed by atoms with Gasteiger partial charge < -0.3 is 9.47 Å². The predicted molar refractivity (Wildman–Crippen MR) is 42.3 cm³/mol. The van der Waals surface area contributed by atoms with E-state index in [1.165, 1.54) is 0 Å². The van der Waals surface area contributed by atoms with E-state index < -0.39 is 9.05 Å². The van der Waals surface area contributed by atoms with Gasteiger partial charge in [-0.3, -0.25) is 0 Å². The van der Waals surface area contributed by atoms with Crippen LogP contribution >= 0.6 is 10.7 Å². The molecule has 68 valence electrons. The first kappa shape index (κ1) is 11.2. The summed E-state index contributed by atoms with van der Waals surface area (Å²) < 4.78 is 30.2. The molecule has 0 bridgehead atoms. The summed E-state index contributed by atoms with van der Waals surface area (Å²) in [5.41, 5.74) is 0. The average molecular weight is 203 g/mol. The van der Waals surface area contributed by atoms with Crippen LogP contribution in [0.2, 0.25) is 0 Å². The van der Waals surface area contributed by atoms with E-state index in [0.717, 1.165) is 0 Å². The highest BCUT2D eigenvalue weighted by Gasteiger charge is 2.03. The van der Waals surface area contributed by atoms with Gasteiger partial charge >= 0.3 is 0 Å². The lowest BCUT2D eigenvalue weighted by atomic mass is 10.7. The van der Waals surface area contributed by atoms with Crippen molar-refractivity contribution in [2.45, 2.75) is 0 Å². The Labute approximate surface area is 70.9 Å². The molecule has 0 rings (SSSR count). The maximum Gasteiger partial charge on any atom is 0.234 e. The Kier molecular flexibility index (Phi) is 5.85. The SMILES string of the molecule is COCCOCCS(=O)(=O)Cl. The second-order valence-corrected chi connectivity index (χ2v) is 4.74. The largest absolute Gasteiger partial charge is 0.382 e. The van der Waals surface area contributed by atoms with Gasteiger partial charge in [-0.2, -0.15) is 0 Å². The van der Waals surface area contributed by atoms with Crippen molar-refractivity contribution in [2.24, 2.45) is 0 Å². The van der Waals surface area contributed by atoms with Gasteiger partial charge in [0, 0.05) is 17.8 Å². The molecule has 0 aliphatic heterocycles. The molecule has 0 amide bonds. The van der Waals surface area contributed by atoms with Crippen molar-refractivity contribution >= 4 is 19.7 Å². The first-order valence-electron chi connectivity index (χ1n) is 3.05. The van der Waals surface area contributed by atoms with Gasteiger partial charge in [-0.05, 0) is 0 Å². The molecular formula is C5H11ClO4S. The summed E-state index contributed by atoms with van der Waals surface area (Å²) >= 11 is 0. The molecule has 0 saturated heterocycles. The Morgan fingerprint density at radius 2 is 1.91 bits per heavy atom. The van der Waals surface area contributed by atoms with Crippen molar-refractivity contribution in [2.75, 3.05) is 32.7 Å². The van der Waals surface area contributed by atoms with Gasteiger partial charge in [0.1, 0.15) is 0 Å². The van der Waals surface area contributed by atoms with Crippen LogP contribution in [0.1, 0.15) is 0 Å². The van der Waals surface area contributed by atoms with E-state index in [9.17, 15) is 8.42 Å². The fourth-order valence-electron chi connectivity index (χ4n) is 0.403. The Balaban J connectivity index is 3.16. The molecule has 0 N–H and O–H groups in total. The highest BCUT2D eigenvalue weighted by Crippen LogP contribution is 1.94. The lowest BCUT2D eigenvalue weighted by molar-refractivity contribution is 0.0786. The molecule has 0 fully saturated rings. The molecule has 0 unspecified atom stereocenters. The summed E-state index contributed by atoms with van der Waals surface area (Å²) in [7, 11) is 3.05. The fourth-order valence-corrected chi connectivity index (χ4v) is 0.909. The van der Waals surface area contributed by atoms with E-state index in [1.807, 2.05) is 0 Å². The van der Waals surface area contributed by atoms with Crippen molar-refractivity contribution in [3.05, 3.63) is 0 Å². The lowest BCUT2D eigenvalue weighted by Gasteiger charge is -2.00. The summed E-state index contributed by atoms with van der Waals surface area (Å²) in [6.45, 7) is 0.973. The number of hydrogen-bond acceptors (Lipinski definition) is 4. The van der Waals surface area contributed by atoms with Crippen LogP contribution in [0.25, 0.3) is 0 Å². The van der Waals surface area contributed by atoms with Crippen LogP contribution in [-0.2, 0) is 18.5 Å². The molecule has 0 aromatic rings. The zero-order valence-electron chi connectivity index (χ0n) is 6.25. The number of hydrogen-bond donors (Lipinski definition) is 0. The predicted octanol–water partition coefficient (Wildman–Crippen LogP) is 0.218. The van der Waals surface area contributed by atoms with E-state index in [4.69, 9.17) is 15.4 Å². The van der Waals surface area contributed by atoms with Gasteiger partial charge in [0.25, 0.3) is 0 Å². The van der Waals surface area contributed by atoms with Gasteiger partial charge in [0.05, 0.1) is 25.6 Å². The van der Waals surface area contributed by atoms with Gasteiger partial charge in [-0.25, -0.2) is 8.42 Å². The van der Waals surface area contributed by atoms with Crippen molar-refractivity contribution < 1.29 is 17.9 Å². The average Bonchev–Trinajstić information content (AvgIpc) is 1.85. The Hall–Kier alpha value is 0.160. The highest BCUT2D eigenvalue weighted by atomic mass is 35.7. The van der Waals surface area contributed by atoms with E-state index in [2.05, 4.69) is 4.74 Å². The molecule has 0 radical (unpaired) electrons. The van der Waals surface area contributed by atoms with E-state index in [0.29, 0.717) is 13.2 Å². The minimum Gasteiger partial charge on any atom is -0.382 e. The van der Waals surface area contributed by atoms with Crippen LogP contribution in [0.4, 0.5) is 0 Å². The fraction of sp³-hybridized carbons (Fsp3) is 1.00. The van der Waals surface area contributed by atoms with Crippen LogP contribution in [0.5, 0.6) is 0 Å². The number of ether oxygens (including phenoxy) is 2. The Morgan fingerprint density at radius 3 is 2.36 bits per heavy atom. The van der Waals surface area contributed by atoms with E-state index >= 15 is 0 Å². The molecule has 0 aromatic heterocycles. The van der Waals surface area contributed by atoms with Crippen molar-refractivity contribution in [3.8, 4) is 0 Å². The summed E-state index contributed by atoms with van der Waals surface area (Å²) in [6.07, 6.45) is 0. The first-order chi connectivity index (χ1) is 5.06. The van der Waals surface area contributed by atoms with Crippen molar-refractivity contribution in [1.82, 2.24) is 0 Å². The van der Waals surface area contributed by atoms with Gasteiger partial charge in [-0.15, -0.1) is 0 Å². The molecule has 0 atom stereocenters. The normalized spacial score (nSPS) is 11.8. The second kappa shape index (κ2) is 5.77. The van der Waals surface area contributed by atoms with Crippen LogP contribution in [0.15, 0.2) is 0 Å². The lowest BCUT2D eigenvalue weighted by Crippen LogP contribution is -2.09. The molecule has 0 aliphatic carbocycles. The molecule has 0 aromatic carbocycles. The Bertz CT molecular complexity index is 177. The monoisotopic (exact) mass is 202 g/mol. The van der Waals surface area contributed by atoms with E-state index in [-0.39, 0.29) is 12.4 Å². The van der Waals surface area contributed by atoms with Crippen LogP contribution in [0, 0.1) is 0 Å². The zero-order chi connectivity index (χ0) is 8.74. The molecular weight excluding hydrogens is 192 g/mol. The van der Waals surface area contributed by atoms with Crippen LogP contribution < -0.4 is 0 Å². The minimum absolute atomic E-state index is 0.120. The van der Waals surface area contributed by atoms with Gasteiger partial charge in [0.2, 0.25) is 9.05 Å². The smallest absolute Gasteiger partial charge is 0.234 e. The summed E-state index contributed by atoms with van der Waals surface area (Å²) in [6, 6.07) is 0. The van der Waals surface area contributed by atoms with Crippen molar-refractivity contribution in [3.63, 3.8) is 0 Å². The molecule has 0 aliphatic rings. The topological polar surface area (TPSA) is 52.6 Å². The van der Waals surface area contributed by atoms with Crippen LogP contribution in [0.3, 0.4) is 0 Å². The highest BCUT2D eigenvalue weighted by molar-refractivity contribution is 8.13. The first-order valence-corrected chi connectivity index (χ1v) is 5.53. The number of rotatable bonds is 6. The third kappa shape index (κ3) is 10.2. The van der Waals surface area contributed by atoms with Gasteiger partial charge in [-0.1, -0.05) is 0 Å². The van der Waals surface area contributed by atoms with E-state index in [1.54, 1.807) is 7.11 Å². The second-order valence-electron chi connectivity index (χ2n) is 1.85. The molecule has 0 heterocycles. The third-order valence-electron chi connectivity index (χ3n) is 0.903. The summed E-state index contributed by atoms with van der Waals surface area (Å²) in [5, 5.41) is 0. The molecule has 11 heavy (non-hydrogen) atoms. The Morgan fingerprint density at radius 1 is 1.27 bits per heavy atom. The third-order valence-corrected chi connectivity index (χ3v) is 2.02. The standard InChI is InChI=1S/C5H11ClO4S/c1-9-2-3-10-4-5-11(6,7)8/h2-5H2,1H3. The zero-order valence-corrected chi connectivity index (χ0v) is 7.82. The minimum atomic E-state index is -3.40. The molecule has 4 nitrogen and oxygen atoms in total. The van der Waals surface area contributed by atoms with Crippen molar-refractivity contribution in [1.29, 1.82) is 0 Å². The molecule has 6 heteroatoms. The summed E-state index contributed by atoms with van der Waals surface area (Å²) in [4.78, 5) is 0. The maximum absolute atomic E-state index is 10.3. The molecule has 0 saturated carbocycles.